The molecule has 2 unspecified atom stereocenters. The van der Waals surface area contributed by atoms with Gasteiger partial charge in [-0.3, -0.25) is 19.4 Å². The third-order valence-corrected chi connectivity index (χ3v) is 4.88. The van der Waals surface area contributed by atoms with Gasteiger partial charge in [0.25, 0.3) is 11.8 Å². The zero-order valence-electron chi connectivity index (χ0n) is 13.8. The molecule has 24 heavy (non-hydrogen) atoms. The van der Waals surface area contributed by atoms with E-state index in [2.05, 4.69) is 4.90 Å². The second-order valence-corrected chi connectivity index (χ2v) is 6.12. The number of nitrogens with zero attached hydrogens (tertiary/aromatic N) is 2. The van der Waals surface area contributed by atoms with Crippen LogP contribution in [0.25, 0.3) is 0 Å². The number of hydrogen-bond donors (Lipinski definition) is 1. The summed E-state index contributed by atoms with van der Waals surface area (Å²) in [5, 5.41) is 0. The van der Waals surface area contributed by atoms with Gasteiger partial charge in [0.1, 0.15) is 0 Å². The number of fused-ring (bicyclic) bond motifs is 1. The van der Waals surface area contributed by atoms with E-state index in [1.54, 1.807) is 31.4 Å². The van der Waals surface area contributed by atoms with Crippen molar-refractivity contribution in [2.75, 3.05) is 33.3 Å². The van der Waals surface area contributed by atoms with Gasteiger partial charge in [0, 0.05) is 39.3 Å². The van der Waals surface area contributed by atoms with Gasteiger partial charge in [0.05, 0.1) is 17.2 Å². The number of amides is 2. The molecule has 7 heteroatoms. The Bertz CT molecular complexity index is 575. The number of nitrogens with two attached hydrogens (primary N) is 1. The van der Waals surface area contributed by atoms with Gasteiger partial charge >= 0.3 is 0 Å². The van der Waals surface area contributed by atoms with Crippen molar-refractivity contribution in [1.29, 1.82) is 0 Å². The van der Waals surface area contributed by atoms with Gasteiger partial charge in [-0.2, -0.15) is 0 Å². The molecule has 3 rings (SSSR count). The first-order valence-electron chi connectivity index (χ1n) is 8.07. The molecule has 1 saturated heterocycles. The fraction of sp³-hybridized carbons (Fsp3) is 0.529. The Balaban J connectivity index is 0.00000208. The standard InChI is InChI=1S/C17H23N3O3.ClH/c1-23-13-6-7-19(12(10-13)11-18)8-9-20-16(21)14-4-2-3-5-15(14)17(20)22;/h2-5,12-13H,6-11,18H2,1H3;1H. The first-order chi connectivity index (χ1) is 11.2. The van der Waals surface area contributed by atoms with Crippen molar-refractivity contribution in [3.63, 3.8) is 0 Å². The van der Waals surface area contributed by atoms with Crippen molar-refractivity contribution in [1.82, 2.24) is 9.80 Å². The minimum Gasteiger partial charge on any atom is -0.381 e. The molecule has 1 aromatic rings. The molecule has 1 aromatic carbocycles. The SMILES string of the molecule is COC1CCN(CCN2C(=O)c3ccccc3C2=O)C(CN)C1.Cl. The van der Waals surface area contributed by atoms with E-state index in [1.165, 1.54) is 4.90 Å². The predicted molar refractivity (Wildman–Crippen MR) is 93.5 cm³/mol. The number of halogens is 1. The van der Waals surface area contributed by atoms with Gasteiger partial charge in [-0.05, 0) is 25.0 Å². The molecule has 2 atom stereocenters. The van der Waals surface area contributed by atoms with Crippen LogP contribution in [0.2, 0.25) is 0 Å². The van der Waals surface area contributed by atoms with Crippen LogP contribution in [-0.2, 0) is 4.74 Å². The lowest BCUT2D eigenvalue weighted by Crippen LogP contribution is -2.51. The predicted octanol–water partition coefficient (Wildman–Crippen LogP) is 1.14. The van der Waals surface area contributed by atoms with Crippen LogP contribution in [0.3, 0.4) is 0 Å². The van der Waals surface area contributed by atoms with Crippen molar-refractivity contribution in [3.05, 3.63) is 35.4 Å². The molecule has 0 radical (unpaired) electrons. The minimum absolute atomic E-state index is 0. The Morgan fingerprint density at radius 1 is 1.17 bits per heavy atom. The van der Waals surface area contributed by atoms with Crippen molar-refractivity contribution < 1.29 is 14.3 Å². The Morgan fingerprint density at radius 2 is 1.79 bits per heavy atom. The maximum absolute atomic E-state index is 12.4. The molecular formula is C17H24ClN3O3. The van der Waals surface area contributed by atoms with E-state index in [9.17, 15) is 9.59 Å². The summed E-state index contributed by atoms with van der Waals surface area (Å²) in [6, 6.07) is 7.23. The fourth-order valence-electron chi connectivity index (χ4n) is 3.49. The third-order valence-electron chi connectivity index (χ3n) is 4.88. The molecule has 0 aliphatic carbocycles. The molecule has 0 aromatic heterocycles. The number of likely N-dealkylation sites (tertiary alicyclic amines) is 1. The molecule has 132 valence electrons. The summed E-state index contributed by atoms with van der Waals surface area (Å²) in [5.74, 6) is -0.386. The first kappa shape index (κ1) is 18.9. The molecule has 0 saturated carbocycles. The van der Waals surface area contributed by atoms with Gasteiger partial charge in [-0.15, -0.1) is 12.4 Å². The fourth-order valence-corrected chi connectivity index (χ4v) is 3.49. The molecule has 2 aliphatic rings. The number of carbonyl (C=O) groups excluding carboxylic acids is 2. The van der Waals surface area contributed by atoms with Crippen LogP contribution >= 0.6 is 12.4 Å². The zero-order chi connectivity index (χ0) is 16.4. The number of imide groups is 1. The van der Waals surface area contributed by atoms with Crippen LogP contribution in [0.4, 0.5) is 0 Å². The Morgan fingerprint density at radius 3 is 2.33 bits per heavy atom. The normalized spacial score (nSPS) is 24.0. The molecule has 2 N–H and O–H groups in total. The van der Waals surface area contributed by atoms with Crippen LogP contribution in [0.5, 0.6) is 0 Å². The van der Waals surface area contributed by atoms with Gasteiger partial charge in [-0.25, -0.2) is 0 Å². The number of benzene rings is 1. The van der Waals surface area contributed by atoms with E-state index in [0.29, 0.717) is 30.8 Å². The number of carbonyl (C=O) groups is 2. The molecular weight excluding hydrogens is 330 g/mol. The molecule has 2 heterocycles. The number of methoxy groups -OCH3 is 1. The monoisotopic (exact) mass is 353 g/mol. The Hall–Kier alpha value is -1.47. The molecule has 2 amide bonds. The van der Waals surface area contributed by atoms with E-state index < -0.39 is 0 Å². The summed E-state index contributed by atoms with van der Waals surface area (Å²) in [6.45, 7) is 2.50. The van der Waals surface area contributed by atoms with E-state index in [-0.39, 0.29) is 36.4 Å². The van der Waals surface area contributed by atoms with Crippen molar-refractivity contribution >= 4 is 24.2 Å². The largest absolute Gasteiger partial charge is 0.381 e. The number of rotatable bonds is 5. The number of ether oxygens (including phenoxy) is 1. The summed E-state index contributed by atoms with van der Waals surface area (Å²) >= 11 is 0. The van der Waals surface area contributed by atoms with E-state index in [0.717, 1.165) is 19.4 Å². The van der Waals surface area contributed by atoms with E-state index in [1.807, 2.05) is 0 Å². The second kappa shape index (κ2) is 8.07. The highest BCUT2D eigenvalue weighted by Gasteiger charge is 2.36. The average Bonchev–Trinajstić information content (AvgIpc) is 2.84. The molecule has 0 bridgehead atoms. The number of hydrogen-bond acceptors (Lipinski definition) is 5. The van der Waals surface area contributed by atoms with Crippen LogP contribution in [0.1, 0.15) is 33.6 Å². The molecule has 6 nitrogen and oxygen atoms in total. The zero-order valence-corrected chi connectivity index (χ0v) is 14.6. The summed E-state index contributed by atoms with van der Waals surface area (Å²) in [7, 11) is 1.73. The van der Waals surface area contributed by atoms with Gasteiger partial charge in [0.15, 0.2) is 0 Å². The van der Waals surface area contributed by atoms with Crippen LogP contribution in [0.15, 0.2) is 24.3 Å². The Labute approximate surface area is 148 Å². The van der Waals surface area contributed by atoms with Crippen molar-refractivity contribution in [2.24, 2.45) is 5.73 Å². The van der Waals surface area contributed by atoms with Crippen LogP contribution < -0.4 is 5.73 Å². The lowest BCUT2D eigenvalue weighted by atomic mass is 9.99. The highest BCUT2D eigenvalue weighted by Crippen LogP contribution is 2.23. The van der Waals surface area contributed by atoms with Crippen molar-refractivity contribution in [3.8, 4) is 0 Å². The highest BCUT2D eigenvalue weighted by atomic mass is 35.5. The van der Waals surface area contributed by atoms with Gasteiger partial charge < -0.3 is 10.5 Å². The van der Waals surface area contributed by atoms with Gasteiger partial charge in [0.2, 0.25) is 0 Å². The maximum atomic E-state index is 12.4. The van der Waals surface area contributed by atoms with Crippen LogP contribution in [0, 0.1) is 0 Å². The number of piperidine rings is 1. The van der Waals surface area contributed by atoms with Crippen LogP contribution in [-0.4, -0.2) is 67.0 Å². The lowest BCUT2D eigenvalue weighted by Gasteiger charge is -2.38. The summed E-state index contributed by atoms with van der Waals surface area (Å²) in [6.07, 6.45) is 2.10. The third kappa shape index (κ3) is 3.47. The summed E-state index contributed by atoms with van der Waals surface area (Å²) in [4.78, 5) is 28.4. The first-order valence-corrected chi connectivity index (χ1v) is 8.07. The smallest absolute Gasteiger partial charge is 0.261 e. The van der Waals surface area contributed by atoms with Gasteiger partial charge in [-0.1, -0.05) is 12.1 Å². The molecule has 1 fully saturated rings. The second-order valence-electron chi connectivity index (χ2n) is 6.12. The highest BCUT2D eigenvalue weighted by molar-refractivity contribution is 6.21. The molecule has 2 aliphatic heterocycles. The minimum atomic E-state index is -0.193. The Kier molecular flexibility index (Phi) is 6.34. The quantitative estimate of drug-likeness (QED) is 0.803. The topological polar surface area (TPSA) is 75.9 Å². The molecule has 0 spiro atoms. The van der Waals surface area contributed by atoms with Crippen molar-refractivity contribution in [2.45, 2.75) is 25.0 Å². The summed E-state index contributed by atoms with van der Waals surface area (Å²) < 4.78 is 5.43. The average molecular weight is 354 g/mol. The van der Waals surface area contributed by atoms with E-state index in [4.69, 9.17) is 10.5 Å². The summed E-state index contributed by atoms with van der Waals surface area (Å²) in [5.41, 5.74) is 6.88. The van der Waals surface area contributed by atoms with E-state index >= 15 is 0 Å². The maximum Gasteiger partial charge on any atom is 0.261 e. The lowest BCUT2D eigenvalue weighted by molar-refractivity contribution is 0.0106.